The highest BCUT2D eigenvalue weighted by molar-refractivity contribution is 6.14. The Kier molecular flexibility index (Phi) is 6.58. The van der Waals surface area contributed by atoms with Gasteiger partial charge in [-0.2, -0.15) is 0 Å². The number of hydrogen-bond donors (Lipinski definition) is 1. The Morgan fingerprint density at radius 3 is 1.98 bits per heavy atom. The average molecular weight is 656 g/mol. The van der Waals surface area contributed by atoms with Crippen molar-refractivity contribution in [1.82, 2.24) is 14.5 Å². The fourth-order valence-corrected chi connectivity index (χ4v) is 7.35. The number of furan rings is 1. The Hall–Kier alpha value is -6.98. The number of aromatic hydroxyl groups is 1. The van der Waals surface area contributed by atoms with Gasteiger partial charge < -0.3 is 9.52 Å². The number of rotatable bonds is 5. The lowest BCUT2D eigenvalue weighted by molar-refractivity contribution is 0.477. The second-order valence-electron chi connectivity index (χ2n) is 12.7. The first-order valence-corrected chi connectivity index (χ1v) is 17.0. The standard InChI is InChI=1S/C46H29N3O2/c50-41-27-25-36-35-20-10-19-33(32-17-9-16-31(28-32)29-12-3-1-4-13-29)44(35)51-45(36)43(41)39-26-24-37-34-18-7-8-22-40(34)49(46(37)48-39)42-23-11-21-38(47-42)30-14-5-2-6-15-30/h1-28,50H. The summed E-state index contributed by atoms with van der Waals surface area (Å²) in [7, 11) is 0. The molecule has 1 N–H and O–H groups in total. The summed E-state index contributed by atoms with van der Waals surface area (Å²) in [6.07, 6.45) is 0. The highest BCUT2D eigenvalue weighted by Gasteiger charge is 2.22. The van der Waals surface area contributed by atoms with Gasteiger partial charge in [0.05, 0.1) is 22.5 Å². The summed E-state index contributed by atoms with van der Waals surface area (Å²) in [5.41, 5.74) is 10.5. The van der Waals surface area contributed by atoms with Gasteiger partial charge in [0.15, 0.2) is 0 Å². The van der Waals surface area contributed by atoms with Crippen LogP contribution >= 0.6 is 0 Å². The molecule has 0 saturated carbocycles. The quantitative estimate of drug-likeness (QED) is 0.200. The Morgan fingerprint density at radius 1 is 0.451 bits per heavy atom. The van der Waals surface area contributed by atoms with E-state index in [0.29, 0.717) is 16.8 Å². The van der Waals surface area contributed by atoms with Gasteiger partial charge in [0.25, 0.3) is 0 Å². The number of nitrogens with zero attached hydrogens (tertiary/aromatic N) is 3. The van der Waals surface area contributed by atoms with Crippen LogP contribution in [0.1, 0.15) is 0 Å². The van der Waals surface area contributed by atoms with Gasteiger partial charge in [-0.25, -0.2) is 9.97 Å². The highest BCUT2D eigenvalue weighted by Crippen LogP contribution is 2.44. The van der Waals surface area contributed by atoms with Crippen molar-refractivity contribution in [3.05, 3.63) is 170 Å². The van der Waals surface area contributed by atoms with Gasteiger partial charge in [-0.3, -0.25) is 4.57 Å². The van der Waals surface area contributed by atoms with E-state index in [9.17, 15) is 5.11 Å². The van der Waals surface area contributed by atoms with E-state index in [1.54, 1.807) is 6.07 Å². The Balaban J connectivity index is 1.17. The number of para-hydroxylation sites is 2. The van der Waals surface area contributed by atoms with Crippen molar-refractivity contribution in [2.45, 2.75) is 0 Å². The van der Waals surface area contributed by atoms with Gasteiger partial charge in [0, 0.05) is 32.7 Å². The number of aromatic nitrogens is 3. The molecule has 0 bridgehead atoms. The molecule has 10 aromatic rings. The minimum absolute atomic E-state index is 0.105. The molecule has 4 heterocycles. The molecule has 0 fully saturated rings. The smallest absolute Gasteiger partial charge is 0.148 e. The summed E-state index contributed by atoms with van der Waals surface area (Å²) < 4.78 is 8.89. The average Bonchev–Trinajstić information content (AvgIpc) is 3.74. The van der Waals surface area contributed by atoms with Crippen LogP contribution in [0.15, 0.2) is 174 Å². The largest absolute Gasteiger partial charge is 0.507 e. The molecular weight excluding hydrogens is 627 g/mol. The molecule has 5 nitrogen and oxygen atoms in total. The van der Waals surface area contributed by atoms with Crippen molar-refractivity contribution >= 4 is 43.9 Å². The van der Waals surface area contributed by atoms with Crippen molar-refractivity contribution in [1.29, 1.82) is 0 Å². The van der Waals surface area contributed by atoms with Crippen LogP contribution in [0.2, 0.25) is 0 Å². The molecule has 0 spiro atoms. The van der Waals surface area contributed by atoms with Crippen molar-refractivity contribution in [2.24, 2.45) is 0 Å². The van der Waals surface area contributed by atoms with Crippen LogP contribution in [0.3, 0.4) is 0 Å². The maximum absolute atomic E-state index is 11.5. The summed E-state index contributed by atoms with van der Waals surface area (Å²) >= 11 is 0. The van der Waals surface area contributed by atoms with Crippen LogP contribution < -0.4 is 0 Å². The third-order valence-electron chi connectivity index (χ3n) is 9.74. The monoisotopic (exact) mass is 655 g/mol. The second-order valence-corrected chi connectivity index (χ2v) is 12.7. The molecule has 10 rings (SSSR count). The van der Waals surface area contributed by atoms with Crippen LogP contribution in [-0.2, 0) is 0 Å². The fraction of sp³-hybridized carbons (Fsp3) is 0. The Morgan fingerprint density at radius 2 is 1.12 bits per heavy atom. The zero-order chi connectivity index (χ0) is 33.9. The van der Waals surface area contributed by atoms with Crippen LogP contribution in [-0.4, -0.2) is 19.6 Å². The van der Waals surface area contributed by atoms with Gasteiger partial charge >= 0.3 is 0 Å². The molecule has 0 saturated heterocycles. The van der Waals surface area contributed by atoms with Crippen LogP contribution in [0, 0.1) is 0 Å². The van der Waals surface area contributed by atoms with E-state index >= 15 is 0 Å². The highest BCUT2D eigenvalue weighted by atomic mass is 16.3. The summed E-state index contributed by atoms with van der Waals surface area (Å²) in [6, 6.07) is 57.4. The van der Waals surface area contributed by atoms with Crippen molar-refractivity contribution < 1.29 is 9.52 Å². The molecule has 0 aliphatic heterocycles. The summed E-state index contributed by atoms with van der Waals surface area (Å²) in [5, 5.41) is 15.4. The molecule has 0 amide bonds. The molecule has 6 aromatic carbocycles. The molecule has 0 aliphatic carbocycles. The second kappa shape index (κ2) is 11.6. The topological polar surface area (TPSA) is 64.1 Å². The minimum Gasteiger partial charge on any atom is -0.507 e. The summed E-state index contributed by atoms with van der Waals surface area (Å²) in [5.74, 6) is 0.869. The van der Waals surface area contributed by atoms with Gasteiger partial charge in [0.2, 0.25) is 0 Å². The first-order chi connectivity index (χ1) is 25.2. The number of pyridine rings is 2. The number of hydrogen-bond acceptors (Lipinski definition) is 4. The summed E-state index contributed by atoms with van der Waals surface area (Å²) in [6.45, 7) is 0. The van der Waals surface area contributed by atoms with Crippen molar-refractivity contribution in [3.8, 4) is 56.3 Å². The predicted octanol–water partition coefficient (Wildman–Crippen LogP) is 11.8. The van der Waals surface area contributed by atoms with E-state index in [1.165, 1.54) is 0 Å². The summed E-state index contributed by atoms with van der Waals surface area (Å²) in [4.78, 5) is 10.4. The van der Waals surface area contributed by atoms with Crippen LogP contribution in [0.4, 0.5) is 0 Å². The van der Waals surface area contributed by atoms with Crippen molar-refractivity contribution in [3.63, 3.8) is 0 Å². The molecule has 51 heavy (non-hydrogen) atoms. The molecule has 0 atom stereocenters. The van der Waals surface area contributed by atoms with Crippen LogP contribution in [0.25, 0.3) is 94.5 Å². The van der Waals surface area contributed by atoms with Gasteiger partial charge in [-0.05, 0) is 65.2 Å². The van der Waals surface area contributed by atoms with E-state index in [0.717, 1.165) is 77.6 Å². The first-order valence-electron chi connectivity index (χ1n) is 17.0. The van der Waals surface area contributed by atoms with E-state index in [-0.39, 0.29) is 5.75 Å². The lowest BCUT2D eigenvalue weighted by Gasteiger charge is -2.10. The van der Waals surface area contributed by atoms with Crippen LogP contribution in [0.5, 0.6) is 5.75 Å². The fourth-order valence-electron chi connectivity index (χ4n) is 7.35. The lowest BCUT2D eigenvalue weighted by atomic mass is 9.97. The maximum Gasteiger partial charge on any atom is 0.148 e. The lowest BCUT2D eigenvalue weighted by Crippen LogP contribution is -2.00. The molecule has 0 radical (unpaired) electrons. The number of phenolic OH excluding ortho intramolecular Hbond substituents is 1. The van der Waals surface area contributed by atoms with Gasteiger partial charge in [-0.1, -0.05) is 121 Å². The first kappa shape index (κ1) is 29.0. The molecular formula is C46H29N3O2. The van der Waals surface area contributed by atoms with E-state index in [2.05, 4.69) is 102 Å². The number of benzene rings is 6. The maximum atomic E-state index is 11.5. The zero-order valence-corrected chi connectivity index (χ0v) is 27.4. The van der Waals surface area contributed by atoms with E-state index < -0.39 is 0 Å². The normalized spacial score (nSPS) is 11.6. The zero-order valence-electron chi connectivity index (χ0n) is 27.4. The molecule has 4 aromatic heterocycles. The molecule has 0 aliphatic rings. The molecule has 240 valence electrons. The van der Waals surface area contributed by atoms with Crippen molar-refractivity contribution in [2.75, 3.05) is 0 Å². The third-order valence-corrected chi connectivity index (χ3v) is 9.74. The third kappa shape index (κ3) is 4.71. The Bertz CT molecular complexity index is 2920. The Labute approximate surface area is 293 Å². The molecule has 0 unspecified atom stereocenters. The predicted molar refractivity (Wildman–Crippen MR) is 207 cm³/mol. The number of fused-ring (bicyclic) bond motifs is 6. The van der Waals surface area contributed by atoms with Gasteiger partial charge in [-0.15, -0.1) is 0 Å². The van der Waals surface area contributed by atoms with Gasteiger partial charge in [0.1, 0.15) is 28.4 Å². The SMILES string of the molecule is Oc1ccc2c(oc3c(-c4cccc(-c5ccccc5)c4)cccc32)c1-c1ccc2c3ccccc3n(-c3cccc(-c4ccccc4)n3)c2n1. The van der Waals surface area contributed by atoms with E-state index in [1.807, 2.05) is 66.7 Å². The van der Waals surface area contributed by atoms with E-state index in [4.69, 9.17) is 14.4 Å². The minimum atomic E-state index is 0.105. The molecule has 5 heteroatoms. The number of phenols is 1.